The van der Waals surface area contributed by atoms with Gasteiger partial charge >= 0.3 is 0 Å². The second kappa shape index (κ2) is 9.28. The van der Waals surface area contributed by atoms with Crippen LogP contribution in [0.25, 0.3) is 11.4 Å². The van der Waals surface area contributed by atoms with Crippen LogP contribution in [0.5, 0.6) is 0 Å². The first-order valence-corrected chi connectivity index (χ1v) is 10.7. The quantitative estimate of drug-likeness (QED) is 0.356. The van der Waals surface area contributed by atoms with Crippen LogP contribution in [0.1, 0.15) is 51.1 Å². The van der Waals surface area contributed by atoms with Gasteiger partial charge in [-0.15, -0.1) is 10.2 Å². The third-order valence-corrected chi connectivity index (χ3v) is 5.70. The summed E-state index contributed by atoms with van der Waals surface area (Å²) >= 11 is 7.94. The molecule has 3 rings (SSSR count). The Morgan fingerprint density at radius 1 is 1.24 bits per heavy atom. The predicted octanol–water partition coefficient (Wildman–Crippen LogP) is 5.17. The Bertz CT molecular complexity index is 950. The van der Waals surface area contributed by atoms with Crippen molar-refractivity contribution in [2.24, 2.45) is 0 Å². The molecule has 0 saturated heterocycles. The number of nitrogens with zero attached hydrogens (tertiary/aromatic N) is 5. The zero-order valence-electron chi connectivity index (χ0n) is 17.3. The van der Waals surface area contributed by atoms with Gasteiger partial charge in [-0.05, 0) is 25.5 Å². The van der Waals surface area contributed by atoms with E-state index in [2.05, 4.69) is 45.7 Å². The smallest absolute Gasteiger partial charge is 0.239 e. The Kier molecular flexibility index (Phi) is 6.97. The molecule has 0 unspecified atom stereocenters. The molecule has 0 spiro atoms. The molecule has 1 atom stereocenters. The maximum absolute atomic E-state index is 6.40. The van der Waals surface area contributed by atoms with Gasteiger partial charge in [0.2, 0.25) is 5.89 Å². The van der Waals surface area contributed by atoms with Crippen molar-refractivity contribution in [3.8, 4) is 11.4 Å². The fourth-order valence-corrected chi connectivity index (χ4v) is 3.83. The van der Waals surface area contributed by atoms with E-state index in [-0.39, 0.29) is 10.7 Å². The van der Waals surface area contributed by atoms with Gasteiger partial charge in [0.25, 0.3) is 0 Å². The zero-order valence-corrected chi connectivity index (χ0v) is 18.9. The lowest BCUT2D eigenvalue weighted by Crippen LogP contribution is -2.13. The van der Waals surface area contributed by atoms with E-state index < -0.39 is 0 Å². The molecule has 0 amide bonds. The topological polar surface area (TPSA) is 78.9 Å². The Labute approximate surface area is 180 Å². The molecule has 0 aliphatic heterocycles. The molecule has 0 saturated carbocycles. The Balaban J connectivity index is 1.88. The van der Waals surface area contributed by atoms with E-state index in [9.17, 15) is 0 Å². The fraction of sp³-hybridized carbons (Fsp3) is 0.500. The van der Waals surface area contributed by atoms with Crippen molar-refractivity contribution >= 4 is 23.4 Å². The molecule has 3 aromatic rings. The van der Waals surface area contributed by atoms with Crippen LogP contribution in [0.4, 0.5) is 0 Å². The Hall–Kier alpha value is -1.90. The van der Waals surface area contributed by atoms with Crippen LogP contribution in [-0.2, 0) is 16.7 Å². The van der Waals surface area contributed by atoms with Gasteiger partial charge in [-0.25, -0.2) is 0 Å². The normalized spacial score (nSPS) is 13.0. The van der Waals surface area contributed by atoms with Gasteiger partial charge in [-0.2, -0.15) is 4.98 Å². The van der Waals surface area contributed by atoms with Crippen molar-refractivity contribution < 1.29 is 9.26 Å². The first-order valence-electron chi connectivity index (χ1n) is 9.49. The SMILES string of the molecule is COCCCn1c(S[C@H](C)c2nc(C(C)(C)C)no2)nnc1-c1ccccc1Cl. The van der Waals surface area contributed by atoms with Gasteiger partial charge < -0.3 is 13.8 Å². The molecular weight excluding hydrogens is 410 g/mol. The van der Waals surface area contributed by atoms with E-state index in [4.69, 9.17) is 20.9 Å². The number of halogens is 1. The van der Waals surface area contributed by atoms with Crippen LogP contribution in [-0.4, -0.2) is 38.6 Å². The number of hydrogen-bond acceptors (Lipinski definition) is 7. The minimum atomic E-state index is -0.163. The number of hydrogen-bond donors (Lipinski definition) is 0. The molecule has 2 aromatic heterocycles. The minimum absolute atomic E-state index is 0.0666. The second-order valence-corrected chi connectivity index (χ2v) is 9.47. The Morgan fingerprint density at radius 2 is 2.00 bits per heavy atom. The zero-order chi connectivity index (χ0) is 21.0. The van der Waals surface area contributed by atoms with Crippen molar-refractivity contribution in [3.63, 3.8) is 0 Å². The molecule has 0 fully saturated rings. The summed E-state index contributed by atoms with van der Waals surface area (Å²) in [7, 11) is 1.70. The summed E-state index contributed by atoms with van der Waals surface area (Å²) in [5, 5.41) is 14.3. The maximum Gasteiger partial charge on any atom is 0.239 e. The van der Waals surface area contributed by atoms with E-state index in [1.165, 1.54) is 11.8 Å². The molecular formula is C20H26ClN5O2S. The highest BCUT2D eigenvalue weighted by Gasteiger charge is 2.25. The molecule has 1 aromatic carbocycles. The lowest BCUT2D eigenvalue weighted by atomic mass is 9.96. The number of rotatable bonds is 8. The number of ether oxygens (including phenoxy) is 1. The monoisotopic (exact) mass is 435 g/mol. The van der Waals surface area contributed by atoms with E-state index in [1.807, 2.05) is 31.2 Å². The number of benzene rings is 1. The van der Waals surface area contributed by atoms with Crippen LogP contribution in [0, 0.1) is 0 Å². The molecule has 0 aliphatic carbocycles. The van der Waals surface area contributed by atoms with Crippen LogP contribution >= 0.6 is 23.4 Å². The standard InChI is InChI=1S/C20H26ClN5O2S/c1-13(17-22-18(25-28-17)20(2,3)4)29-19-24-23-16(26(19)11-8-12-27-5)14-9-6-7-10-15(14)21/h6-7,9-10,13H,8,11-12H2,1-5H3/t13-/m1/s1. The first kappa shape index (κ1) is 21.8. The van der Waals surface area contributed by atoms with E-state index in [0.717, 1.165) is 23.0 Å². The minimum Gasteiger partial charge on any atom is -0.385 e. The maximum atomic E-state index is 6.40. The average Bonchev–Trinajstić information content (AvgIpc) is 3.30. The highest BCUT2D eigenvalue weighted by Crippen LogP contribution is 2.36. The number of methoxy groups -OCH3 is 1. The summed E-state index contributed by atoms with van der Waals surface area (Å²) in [6, 6.07) is 7.65. The molecule has 7 nitrogen and oxygen atoms in total. The molecule has 0 aliphatic rings. The van der Waals surface area contributed by atoms with Gasteiger partial charge in [0.1, 0.15) is 0 Å². The molecule has 156 valence electrons. The second-order valence-electron chi connectivity index (χ2n) is 7.75. The third kappa shape index (κ3) is 5.18. The first-order chi connectivity index (χ1) is 13.8. The highest BCUT2D eigenvalue weighted by atomic mass is 35.5. The Morgan fingerprint density at radius 3 is 2.66 bits per heavy atom. The van der Waals surface area contributed by atoms with Gasteiger partial charge in [0, 0.05) is 31.2 Å². The largest absolute Gasteiger partial charge is 0.385 e. The average molecular weight is 436 g/mol. The summed E-state index contributed by atoms with van der Waals surface area (Å²) in [6.45, 7) is 9.56. The summed E-state index contributed by atoms with van der Waals surface area (Å²) in [5.74, 6) is 2.01. The fourth-order valence-electron chi connectivity index (χ4n) is 2.70. The van der Waals surface area contributed by atoms with Crippen molar-refractivity contribution in [1.82, 2.24) is 24.9 Å². The summed E-state index contributed by atoms with van der Waals surface area (Å²) in [6.07, 6.45) is 0.836. The predicted molar refractivity (Wildman–Crippen MR) is 114 cm³/mol. The summed E-state index contributed by atoms with van der Waals surface area (Å²) in [5.41, 5.74) is 0.690. The molecule has 29 heavy (non-hydrogen) atoms. The van der Waals surface area contributed by atoms with Crippen LogP contribution < -0.4 is 0 Å². The number of thioether (sulfide) groups is 1. The molecule has 2 heterocycles. The van der Waals surface area contributed by atoms with Gasteiger partial charge in [0.05, 0.1) is 10.3 Å². The summed E-state index contributed by atoms with van der Waals surface area (Å²) < 4.78 is 12.8. The lowest BCUT2D eigenvalue weighted by Gasteiger charge is -2.12. The van der Waals surface area contributed by atoms with Crippen LogP contribution in [0.3, 0.4) is 0 Å². The third-order valence-electron chi connectivity index (χ3n) is 4.30. The number of aromatic nitrogens is 5. The molecule has 0 radical (unpaired) electrons. The van der Waals surface area contributed by atoms with Crippen LogP contribution in [0.15, 0.2) is 33.9 Å². The van der Waals surface area contributed by atoms with Crippen molar-refractivity contribution in [2.75, 3.05) is 13.7 Å². The molecule has 9 heteroatoms. The highest BCUT2D eigenvalue weighted by molar-refractivity contribution is 7.99. The summed E-state index contributed by atoms with van der Waals surface area (Å²) in [4.78, 5) is 4.56. The lowest BCUT2D eigenvalue weighted by molar-refractivity contribution is 0.189. The van der Waals surface area contributed by atoms with Crippen molar-refractivity contribution in [1.29, 1.82) is 0 Å². The van der Waals surface area contributed by atoms with Crippen molar-refractivity contribution in [3.05, 3.63) is 41.0 Å². The van der Waals surface area contributed by atoms with E-state index >= 15 is 0 Å². The molecule has 0 N–H and O–H groups in total. The van der Waals surface area contributed by atoms with Crippen LogP contribution in [0.2, 0.25) is 5.02 Å². The molecule has 0 bridgehead atoms. The van der Waals surface area contributed by atoms with Gasteiger partial charge in [-0.3, -0.25) is 0 Å². The van der Waals surface area contributed by atoms with E-state index in [0.29, 0.717) is 29.9 Å². The van der Waals surface area contributed by atoms with Crippen molar-refractivity contribution in [2.45, 2.75) is 56.5 Å². The van der Waals surface area contributed by atoms with Gasteiger partial charge in [0.15, 0.2) is 16.8 Å². The van der Waals surface area contributed by atoms with Gasteiger partial charge in [-0.1, -0.05) is 61.4 Å². The van der Waals surface area contributed by atoms with E-state index in [1.54, 1.807) is 7.11 Å².